The minimum Gasteiger partial charge on any atom is -0.509 e. The van der Waals surface area contributed by atoms with Gasteiger partial charge in [0.1, 0.15) is 5.82 Å². The number of para-hydroxylation sites is 2. The number of pyridine rings is 1. The number of anilines is 3. The zero-order valence-electron chi connectivity index (χ0n) is 28.6. The second-order valence-corrected chi connectivity index (χ2v) is 13.8. The summed E-state index contributed by atoms with van der Waals surface area (Å²) in [6, 6.07) is 43.4. The average Bonchev–Trinajstić information content (AvgIpc) is 3.58. The number of aromatic nitrogens is 2. The number of aryl methyl sites for hydroxylation is 2. The van der Waals surface area contributed by atoms with Crippen molar-refractivity contribution < 1.29 is 25.8 Å². The minimum absolute atomic E-state index is 0. The molecular formula is C43H38N4OPt. The van der Waals surface area contributed by atoms with E-state index in [0.717, 1.165) is 45.7 Å². The van der Waals surface area contributed by atoms with E-state index >= 15 is 0 Å². The summed E-state index contributed by atoms with van der Waals surface area (Å²) in [5.41, 5.74) is 11.5. The normalized spacial score (nSPS) is 12.8. The first-order chi connectivity index (χ1) is 23.2. The predicted octanol–water partition coefficient (Wildman–Crippen LogP) is 10.7. The minimum atomic E-state index is -0.0184. The summed E-state index contributed by atoms with van der Waals surface area (Å²) in [5.74, 6) is 2.13. The summed E-state index contributed by atoms with van der Waals surface area (Å²) in [5, 5.41) is 2.25. The Kier molecular flexibility index (Phi) is 8.37. The fourth-order valence-corrected chi connectivity index (χ4v) is 7.01. The van der Waals surface area contributed by atoms with Gasteiger partial charge in [-0.3, -0.25) is 0 Å². The molecule has 0 atom stereocenters. The van der Waals surface area contributed by atoms with Crippen molar-refractivity contribution in [3.05, 3.63) is 138 Å². The van der Waals surface area contributed by atoms with Crippen LogP contribution >= 0.6 is 0 Å². The van der Waals surface area contributed by atoms with Crippen LogP contribution < -0.4 is 14.5 Å². The van der Waals surface area contributed by atoms with Crippen LogP contribution in [0.15, 0.2) is 109 Å². The van der Waals surface area contributed by atoms with Crippen LogP contribution in [0.3, 0.4) is 0 Å². The molecular weight excluding hydrogens is 784 g/mol. The van der Waals surface area contributed by atoms with Gasteiger partial charge >= 0.3 is 21.1 Å². The number of hydrogen-bond acceptors (Lipinski definition) is 4. The Bertz CT molecular complexity index is 2330. The molecule has 7 aromatic rings. The second-order valence-electron chi connectivity index (χ2n) is 13.8. The molecule has 246 valence electrons. The van der Waals surface area contributed by atoms with Gasteiger partial charge in [0.15, 0.2) is 0 Å². The fourth-order valence-electron chi connectivity index (χ4n) is 7.01. The average molecular weight is 822 g/mol. The smallest absolute Gasteiger partial charge is 0.509 e. The standard InChI is InChI=1S/C43H38N4O.Pt/c1-28-11-9-12-29(2)42(28)30-17-20-37-36(23-30)35-19-18-34(26-40(35)47(37)41-24-31(21-22-44-41)43(3,4)5)48-33-14-10-13-32(25-33)46-27-45(6)38-15-7-8-16-39(38)46;/h7-24H,27H2,1-6H3;/q-2;+2. The Balaban J connectivity index is 0.00000378. The monoisotopic (exact) mass is 821 g/mol. The van der Waals surface area contributed by atoms with Gasteiger partial charge < -0.3 is 19.1 Å². The van der Waals surface area contributed by atoms with Crippen molar-refractivity contribution in [3.63, 3.8) is 0 Å². The van der Waals surface area contributed by atoms with Crippen LogP contribution in [0.25, 0.3) is 38.8 Å². The topological polar surface area (TPSA) is 33.5 Å². The molecule has 49 heavy (non-hydrogen) atoms. The summed E-state index contributed by atoms with van der Waals surface area (Å²) in [6.07, 6.45) is 1.91. The molecule has 1 aliphatic rings. The maximum Gasteiger partial charge on any atom is 2.00 e. The van der Waals surface area contributed by atoms with E-state index in [2.05, 4.69) is 153 Å². The van der Waals surface area contributed by atoms with Gasteiger partial charge in [-0.25, -0.2) is 4.98 Å². The van der Waals surface area contributed by atoms with Gasteiger partial charge in [0, 0.05) is 30.3 Å². The molecule has 0 bridgehead atoms. The Morgan fingerprint density at radius 3 is 2.24 bits per heavy atom. The molecule has 1 aliphatic heterocycles. The van der Waals surface area contributed by atoms with E-state index in [-0.39, 0.29) is 26.5 Å². The Hall–Kier alpha value is -4.86. The number of ether oxygens (including phenoxy) is 1. The molecule has 5 nitrogen and oxygen atoms in total. The molecule has 0 spiro atoms. The van der Waals surface area contributed by atoms with Crippen LogP contribution in [0.5, 0.6) is 11.5 Å². The molecule has 5 aromatic carbocycles. The Labute approximate surface area is 303 Å². The molecule has 0 unspecified atom stereocenters. The molecule has 3 heterocycles. The number of fused-ring (bicyclic) bond motifs is 4. The van der Waals surface area contributed by atoms with E-state index in [1.165, 1.54) is 33.5 Å². The van der Waals surface area contributed by atoms with Gasteiger partial charge in [0.05, 0.1) is 18.0 Å². The summed E-state index contributed by atoms with van der Waals surface area (Å²) in [6.45, 7) is 11.8. The van der Waals surface area contributed by atoms with E-state index in [1.807, 2.05) is 24.4 Å². The first-order valence-electron chi connectivity index (χ1n) is 16.5. The molecule has 0 amide bonds. The predicted molar refractivity (Wildman–Crippen MR) is 198 cm³/mol. The van der Waals surface area contributed by atoms with Crippen molar-refractivity contribution in [2.45, 2.75) is 40.0 Å². The molecule has 6 heteroatoms. The molecule has 0 aliphatic carbocycles. The molecule has 0 saturated carbocycles. The zero-order chi connectivity index (χ0) is 33.2. The van der Waals surface area contributed by atoms with Gasteiger partial charge in [-0.15, -0.1) is 35.7 Å². The van der Waals surface area contributed by atoms with Crippen molar-refractivity contribution in [2.24, 2.45) is 0 Å². The number of nitrogens with zero attached hydrogens (tertiary/aromatic N) is 4. The molecule has 8 rings (SSSR count). The van der Waals surface area contributed by atoms with Crippen LogP contribution in [-0.4, -0.2) is 23.3 Å². The molecule has 0 N–H and O–H groups in total. The summed E-state index contributed by atoms with van der Waals surface area (Å²) >= 11 is 0. The SMILES string of the molecule is Cc1cccc(C)c1-c1ccc2c(c1)c1ccc(Oc3[c-]c(N4CN(C)c5ccccc54)ccc3)[c-]c1n2-c1cc(C(C)(C)C)ccn1.[Pt+2]. The van der Waals surface area contributed by atoms with E-state index in [9.17, 15) is 0 Å². The van der Waals surface area contributed by atoms with Gasteiger partial charge in [0.2, 0.25) is 0 Å². The third-order valence-electron chi connectivity index (χ3n) is 9.46. The van der Waals surface area contributed by atoms with E-state index in [0.29, 0.717) is 11.5 Å². The van der Waals surface area contributed by atoms with Crippen molar-refractivity contribution >= 4 is 38.9 Å². The van der Waals surface area contributed by atoms with Gasteiger partial charge in [-0.2, -0.15) is 12.1 Å². The Morgan fingerprint density at radius 1 is 0.735 bits per heavy atom. The third kappa shape index (κ3) is 5.81. The number of rotatable bonds is 5. The largest absolute Gasteiger partial charge is 2.00 e. The summed E-state index contributed by atoms with van der Waals surface area (Å²) < 4.78 is 8.73. The van der Waals surface area contributed by atoms with Gasteiger partial charge in [0.25, 0.3) is 0 Å². The second kappa shape index (κ2) is 12.5. The maximum absolute atomic E-state index is 6.51. The van der Waals surface area contributed by atoms with Crippen molar-refractivity contribution in [1.29, 1.82) is 0 Å². The van der Waals surface area contributed by atoms with Crippen LogP contribution in [-0.2, 0) is 26.5 Å². The maximum atomic E-state index is 6.51. The quantitative estimate of drug-likeness (QED) is 0.162. The molecule has 2 aromatic heterocycles. The van der Waals surface area contributed by atoms with Crippen LogP contribution in [0.1, 0.15) is 37.5 Å². The molecule has 0 saturated heterocycles. The fraction of sp³-hybridized carbons (Fsp3) is 0.186. The van der Waals surface area contributed by atoms with E-state index in [1.54, 1.807) is 0 Å². The van der Waals surface area contributed by atoms with Crippen LogP contribution in [0, 0.1) is 26.0 Å². The summed E-state index contributed by atoms with van der Waals surface area (Å²) in [7, 11) is 2.11. The first-order valence-corrected chi connectivity index (χ1v) is 16.5. The van der Waals surface area contributed by atoms with Crippen LogP contribution in [0.4, 0.5) is 17.1 Å². The van der Waals surface area contributed by atoms with Gasteiger partial charge in [-0.05, 0) is 82.8 Å². The summed E-state index contributed by atoms with van der Waals surface area (Å²) in [4.78, 5) is 9.39. The molecule has 0 fully saturated rings. The first kappa shape index (κ1) is 32.7. The van der Waals surface area contributed by atoms with Crippen molar-refractivity contribution in [1.82, 2.24) is 9.55 Å². The van der Waals surface area contributed by atoms with Gasteiger partial charge in [-0.1, -0.05) is 74.4 Å². The number of benzene rings is 5. The van der Waals surface area contributed by atoms with Crippen molar-refractivity contribution in [2.75, 3.05) is 23.5 Å². The van der Waals surface area contributed by atoms with Crippen LogP contribution in [0.2, 0.25) is 0 Å². The Morgan fingerprint density at radius 2 is 1.47 bits per heavy atom. The number of hydrogen-bond donors (Lipinski definition) is 0. The van der Waals surface area contributed by atoms with E-state index in [4.69, 9.17) is 9.72 Å². The van der Waals surface area contributed by atoms with E-state index < -0.39 is 0 Å². The van der Waals surface area contributed by atoms with Crippen molar-refractivity contribution in [3.8, 4) is 28.4 Å². The molecule has 0 radical (unpaired) electrons. The third-order valence-corrected chi connectivity index (χ3v) is 9.46. The zero-order valence-corrected chi connectivity index (χ0v) is 30.9.